The number of nitrogens with zero attached hydrogens (tertiary/aromatic N) is 1. The number of sulfone groups is 1. The Balaban J connectivity index is 2.09. The van der Waals surface area contributed by atoms with E-state index in [9.17, 15) is 32.3 Å². The first-order valence-corrected chi connectivity index (χ1v) is 13.1. The molecule has 0 radical (unpaired) electrons. The summed E-state index contributed by atoms with van der Waals surface area (Å²) in [5.41, 5.74) is -1.48. The number of halogens is 1. The molecule has 200 valence electrons. The molecule has 0 spiro atoms. The molecular formula is C25H29FN2O8S. The van der Waals surface area contributed by atoms with Gasteiger partial charge in [-0.3, -0.25) is 4.79 Å². The summed E-state index contributed by atoms with van der Waals surface area (Å²) < 4.78 is 51.7. The summed E-state index contributed by atoms with van der Waals surface area (Å²) in [5, 5.41) is 11.7. The third-order valence-corrected chi connectivity index (χ3v) is 6.95. The molecule has 0 bridgehead atoms. The monoisotopic (exact) mass is 536 g/mol. The van der Waals surface area contributed by atoms with Gasteiger partial charge in [-0.2, -0.15) is 0 Å². The molecule has 12 heteroatoms. The summed E-state index contributed by atoms with van der Waals surface area (Å²) in [6, 6.07) is 6.47. The van der Waals surface area contributed by atoms with Crippen LogP contribution >= 0.6 is 0 Å². The summed E-state index contributed by atoms with van der Waals surface area (Å²) in [4.78, 5) is 38.1. The Bertz CT molecular complexity index is 1320. The highest BCUT2D eigenvalue weighted by Crippen LogP contribution is 2.34. The van der Waals surface area contributed by atoms with Crippen LogP contribution in [0.3, 0.4) is 0 Å². The minimum atomic E-state index is -4.35. The Morgan fingerprint density at radius 1 is 1.19 bits per heavy atom. The third kappa shape index (κ3) is 6.76. The number of fused-ring (bicyclic) bond motifs is 1. The van der Waals surface area contributed by atoms with E-state index in [0.29, 0.717) is 17.4 Å². The molecule has 2 N–H and O–H groups in total. The van der Waals surface area contributed by atoms with Crippen molar-refractivity contribution >= 4 is 33.5 Å². The first kappa shape index (κ1) is 27.9. The van der Waals surface area contributed by atoms with Gasteiger partial charge in [0, 0.05) is 0 Å². The Hall–Kier alpha value is -3.67. The molecule has 0 aliphatic carbocycles. The zero-order chi connectivity index (χ0) is 27.7. The minimum Gasteiger partial charge on any atom is -0.491 e. The van der Waals surface area contributed by atoms with Crippen LogP contribution in [0.15, 0.2) is 41.3 Å². The van der Waals surface area contributed by atoms with Gasteiger partial charge >= 0.3 is 12.1 Å². The van der Waals surface area contributed by atoms with Crippen molar-refractivity contribution in [3.63, 3.8) is 0 Å². The predicted octanol–water partition coefficient (Wildman–Crippen LogP) is 3.52. The number of hydrogen-bond acceptors (Lipinski definition) is 7. The van der Waals surface area contributed by atoms with E-state index >= 15 is 0 Å². The minimum absolute atomic E-state index is 0.0702. The summed E-state index contributed by atoms with van der Waals surface area (Å²) >= 11 is 0. The fraction of sp³-hybridized carbons (Fsp3) is 0.400. The number of ether oxygens (including phenoxy) is 2. The zero-order valence-electron chi connectivity index (χ0n) is 21.1. The second-order valence-electron chi connectivity index (χ2n) is 9.82. The lowest BCUT2D eigenvalue weighted by Gasteiger charge is -2.27. The normalized spacial score (nSPS) is 17.1. The summed E-state index contributed by atoms with van der Waals surface area (Å²) in [7, 11) is -4.35. The van der Waals surface area contributed by atoms with Crippen LogP contribution in [0.2, 0.25) is 0 Å². The molecule has 0 unspecified atom stereocenters. The van der Waals surface area contributed by atoms with E-state index in [2.05, 4.69) is 5.32 Å². The van der Waals surface area contributed by atoms with E-state index in [1.165, 1.54) is 0 Å². The Morgan fingerprint density at radius 3 is 2.35 bits per heavy atom. The van der Waals surface area contributed by atoms with Crippen molar-refractivity contribution < 1.29 is 41.8 Å². The first-order valence-electron chi connectivity index (χ1n) is 11.4. The highest BCUT2D eigenvalue weighted by atomic mass is 32.2. The van der Waals surface area contributed by atoms with Gasteiger partial charge in [0.15, 0.2) is 9.84 Å². The molecule has 1 aliphatic rings. The molecule has 3 rings (SSSR count). The van der Waals surface area contributed by atoms with Crippen molar-refractivity contribution in [1.29, 1.82) is 0 Å². The van der Waals surface area contributed by atoms with Crippen LogP contribution in [-0.2, 0) is 25.9 Å². The number of aromatic carboxylic acids is 1. The number of nitrogens with one attached hydrogen (secondary N) is 1. The van der Waals surface area contributed by atoms with E-state index in [4.69, 9.17) is 9.47 Å². The van der Waals surface area contributed by atoms with Gasteiger partial charge in [0.25, 0.3) is 5.91 Å². The molecule has 0 fully saturated rings. The quantitative estimate of drug-likeness (QED) is 0.572. The van der Waals surface area contributed by atoms with E-state index in [1.54, 1.807) is 45.0 Å². The molecule has 0 saturated carbocycles. The zero-order valence-corrected chi connectivity index (χ0v) is 21.9. The number of carboxylic acids is 1. The number of rotatable bonds is 6. The molecule has 2 amide bonds. The summed E-state index contributed by atoms with van der Waals surface area (Å²) in [6.45, 7) is 8.33. The van der Waals surface area contributed by atoms with Crippen LogP contribution in [0.1, 0.15) is 50.5 Å². The maximum Gasteiger partial charge on any atom is 0.408 e. The molecule has 1 atom stereocenters. The molecule has 1 aliphatic heterocycles. The van der Waals surface area contributed by atoms with Gasteiger partial charge in [-0.25, -0.2) is 22.4 Å². The second kappa shape index (κ2) is 10.4. The number of carbonyl (C=O) groups excluding carboxylic acids is 2. The molecular weight excluding hydrogens is 507 g/mol. The molecule has 1 heterocycles. The van der Waals surface area contributed by atoms with Gasteiger partial charge in [0.05, 0.1) is 34.5 Å². The molecule has 10 nitrogen and oxygen atoms in total. The van der Waals surface area contributed by atoms with Crippen LogP contribution in [0.5, 0.6) is 5.75 Å². The van der Waals surface area contributed by atoms with Crippen molar-refractivity contribution in [2.24, 2.45) is 0 Å². The van der Waals surface area contributed by atoms with Gasteiger partial charge in [-0.05, 0) is 64.4 Å². The SMILES string of the molecule is CC(C)Oc1ccc(CN2C(=O)[C@@H](NC(=O)OC(C)(C)C)CS(=O)(=O)c3cc(F)c(C(=O)O)cc32)cc1. The molecule has 0 aromatic heterocycles. The van der Waals surface area contributed by atoms with Gasteiger partial charge in [0.1, 0.15) is 23.2 Å². The van der Waals surface area contributed by atoms with Crippen LogP contribution in [0, 0.1) is 5.82 Å². The average molecular weight is 537 g/mol. The Labute approximate surface area is 214 Å². The van der Waals surface area contributed by atoms with Crippen LogP contribution < -0.4 is 15.0 Å². The highest BCUT2D eigenvalue weighted by molar-refractivity contribution is 7.91. The van der Waals surface area contributed by atoms with Crippen LogP contribution in [0.25, 0.3) is 0 Å². The number of carbonyl (C=O) groups is 3. The van der Waals surface area contributed by atoms with Gasteiger partial charge in [0.2, 0.25) is 0 Å². The van der Waals surface area contributed by atoms with E-state index in [0.717, 1.165) is 11.0 Å². The van der Waals surface area contributed by atoms with Gasteiger partial charge in [-0.1, -0.05) is 12.1 Å². The number of anilines is 1. The van der Waals surface area contributed by atoms with Crippen molar-refractivity contribution in [1.82, 2.24) is 5.32 Å². The highest BCUT2D eigenvalue weighted by Gasteiger charge is 2.40. The van der Waals surface area contributed by atoms with Crippen molar-refractivity contribution in [3.05, 3.63) is 53.3 Å². The number of hydrogen-bond donors (Lipinski definition) is 2. The lowest BCUT2D eigenvalue weighted by Crippen LogP contribution is -2.51. The molecule has 2 aromatic rings. The lowest BCUT2D eigenvalue weighted by molar-refractivity contribution is -0.120. The molecule has 2 aromatic carbocycles. The lowest BCUT2D eigenvalue weighted by atomic mass is 10.1. The van der Waals surface area contributed by atoms with E-state index in [1.807, 2.05) is 13.8 Å². The number of benzene rings is 2. The van der Waals surface area contributed by atoms with Crippen LogP contribution in [0.4, 0.5) is 14.9 Å². The molecule has 0 saturated heterocycles. The number of amides is 2. The second-order valence-corrected chi connectivity index (χ2v) is 11.8. The predicted molar refractivity (Wildman–Crippen MR) is 132 cm³/mol. The summed E-state index contributed by atoms with van der Waals surface area (Å²) in [6.07, 6.45) is -1.08. The topological polar surface area (TPSA) is 139 Å². The smallest absolute Gasteiger partial charge is 0.408 e. The Kier molecular flexibility index (Phi) is 7.82. The van der Waals surface area contributed by atoms with Gasteiger partial charge < -0.3 is 24.8 Å². The Morgan fingerprint density at radius 2 is 1.81 bits per heavy atom. The van der Waals surface area contributed by atoms with Crippen molar-refractivity contribution in [2.75, 3.05) is 10.7 Å². The number of carboxylic acid groups (broad SMARTS) is 1. The maximum absolute atomic E-state index is 14.5. The van der Waals surface area contributed by atoms with Crippen molar-refractivity contribution in [2.45, 2.75) is 63.8 Å². The fourth-order valence-electron chi connectivity index (χ4n) is 3.70. The molecule has 37 heavy (non-hydrogen) atoms. The van der Waals surface area contributed by atoms with Crippen LogP contribution in [-0.4, -0.2) is 55.0 Å². The van der Waals surface area contributed by atoms with E-state index in [-0.39, 0.29) is 18.3 Å². The summed E-state index contributed by atoms with van der Waals surface area (Å²) in [5.74, 6) is -4.03. The first-order chi connectivity index (χ1) is 17.1. The fourth-order valence-corrected chi connectivity index (χ4v) is 5.31. The largest absolute Gasteiger partial charge is 0.491 e. The van der Waals surface area contributed by atoms with Crippen molar-refractivity contribution in [3.8, 4) is 5.75 Å². The number of alkyl carbamates (subject to hydrolysis) is 1. The van der Waals surface area contributed by atoms with E-state index < -0.39 is 61.5 Å². The standard InChI is InChI=1S/C25H29FN2O8S/c1-14(2)35-16-8-6-15(7-9-16)12-28-20-10-17(23(30)31)18(26)11-21(20)37(33,34)13-19(22(28)29)27-24(32)36-25(3,4)5/h6-11,14,19H,12-13H2,1-5H3,(H,27,32)(H,30,31)/t19-/m0/s1. The maximum atomic E-state index is 14.5. The third-order valence-electron chi connectivity index (χ3n) is 5.18. The van der Waals surface area contributed by atoms with Gasteiger partial charge in [-0.15, -0.1) is 0 Å². The average Bonchev–Trinajstić information content (AvgIpc) is 2.81.